The average Bonchev–Trinajstić information content (AvgIpc) is 2.76. The summed E-state index contributed by atoms with van der Waals surface area (Å²) in [6, 6.07) is 2.49. The lowest BCUT2D eigenvalue weighted by atomic mass is 10.1. The molecule has 0 amide bonds. The van der Waals surface area contributed by atoms with Crippen LogP contribution in [-0.4, -0.2) is 24.4 Å². The van der Waals surface area contributed by atoms with Crippen molar-refractivity contribution in [3.05, 3.63) is 17.5 Å². The first kappa shape index (κ1) is 11.6. The molecule has 2 rings (SSSR count). The van der Waals surface area contributed by atoms with Gasteiger partial charge in [0.15, 0.2) is 0 Å². The van der Waals surface area contributed by atoms with Crippen LogP contribution in [0.5, 0.6) is 0 Å². The van der Waals surface area contributed by atoms with Crippen LogP contribution in [0, 0.1) is 0 Å². The van der Waals surface area contributed by atoms with Crippen LogP contribution in [-0.2, 0) is 11.3 Å². The van der Waals surface area contributed by atoms with Gasteiger partial charge in [0, 0.05) is 31.2 Å². The van der Waals surface area contributed by atoms with Gasteiger partial charge in [0.25, 0.3) is 0 Å². The average molecular weight is 224 g/mol. The Morgan fingerprint density at radius 3 is 3.06 bits per heavy atom. The molecule has 0 bridgehead atoms. The highest BCUT2D eigenvalue weighted by atomic mass is 16.5. The van der Waals surface area contributed by atoms with E-state index in [0.717, 1.165) is 37.6 Å². The summed E-state index contributed by atoms with van der Waals surface area (Å²) < 4.78 is 10.7. The van der Waals surface area contributed by atoms with E-state index in [2.05, 4.69) is 24.3 Å². The van der Waals surface area contributed by atoms with E-state index in [9.17, 15) is 0 Å². The third-order valence-electron chi connectivity index (χ3n) is 2.88. The van der Waals surface area contributed by atoms with Crippen molar-refractivity contribution in [1.29, 1.82) is 0 Å². The van der Waals surface area contributed by atoms with Crippen molar-refractivity contribution in [1.82, 2.24) is 10.5 Å². The maximum absolute atomic E-state index is 5.41. The van der Waals surface area contributed by atoms with Gasteiger partial charge in [0.05, 0.1) is 12.3 Å². The third-order valence-corrected chi connectivity index (χ3v) is 2.88. The fraction of sp³-hybridized carbons (Fsp3) is 0.750. The monoisotopic (exact) mass is 224 g/mol. The summed E-state index contributed by atoms with van der Waals surface area (Å²) in [5.74, 6) is 1.36. The van der Waals surface area contributed by atoms with Crippen molar-refractivity contribution in [2.45, 2.75) is 45.2 Å². The molecule has 1 atom stereocenters. The van der Waals surface area contributed by atoms with Gasteiger partial charge in [-0.1, -0.05) is 19.0 Å². The van der Waals surface area contributed by atoms with E-state index in [1.165, 1.54) is 6.42 Å². The van der Waals surface area contributed by atoms with Crippen LogP contribution >= 0.6 is 0 Å². The summed E-state index contributed by atoms with van der Waals surface area (Å²) in [5.41, 5.74) is 0.981. The molecule has 0 aliphatic carbocycles. The number of rotatable bonds is 4. The molecule has 0 aromatic carbocycles. The van der Waals surface area contributed by atoms with Crippen LogP contribution in [0.4, 0.5) is 0 Å². The molecule has 0 radical (unpaired) electrons. The molecule has 1 N–H and O–H groups in total. The lowest BCUT2D eigenvalue weighted by molar-refractivity contribution is 0.0697. The summed E-state index contributed by atoms with van der Waals surface area (Å²) in [6.07, 6.45) is 2.34. The molecule has 1 saturated heterocycles. The van der Waals surface area contributed by atoms with Crippen molar-refractivity contribution < 1.29 is 9.26 Å². The molecule has 1 fully saturated rings. The lowest BCUT2D eigenvalue weighted by Crippen LogP contribution is -2.36. The van der Waals surface area contributed by atoms with Crippen LogP contribution < -0.4 is 5.32 Å². The molecular formula is C12H20N2O2. The molecule has 4 heteroatoms. The first-order valence-electron chi connectivity index (χ1n) is 6.02. The van der Waals surface area contributed by atoms with Crippen molar-refractivity contribution in [3.8, 4) is 0 Å². The Morgan fingerprint density at radius 1 is 1.56 bits per heavy atom. The molecule has 1 aliphatic heterocycles. The van der Waals surface area contributed by atoms with Crippen molar-refractivity contribution in [2.75, 3.05) is 13.2 Å². The minimum atomic E-state index is 0.402. The number of nitrogens with one attached hydrogen (secondary N) is 1. The zero-order valence-electron chi connectivity index (χ0n) is 10.0. The van der Waals surface area contributed by atoms with Crippen molar-refractivity contribution in [3.63, 3.8) is 0 Å². The Kier molecular flexibility index (Phi) is 3.96. The molecule has 1 aliphatic rings. The van der Waals surface area contributed by atoms with Gasteiger partial charge in [-0.2, -0.15) is 0 Å². The third kappa shape index (κ3) is 3.06. The summed E-state index contributed by atoms with van der Waals surface area (Å²) in [5, 5.41) is 7.49. The highest BCUT2D eigenvalue weighted by Crippen LogP contribution is 2.15. The van der Waals surface area contributed by atoms with Gasteiger partial charge >= 0.3 is 0 Å². The van der Waals surface area contributed by atoms with Crippen LogP contribution in [0.15, 0.2) is 10.6 Å². The van der Waals surface area contributed by atoms with Gasteiger partial charge in [0.1, 0.15) is 5.76 Å². The predicted molar refractivity (Wildman–Crippen MR) is 61.3 cm³/mol. The smallest absolute Gasteiger partial charge is 0.139 e. The zero-order valence-corrected chi connectivity index (χ0v) is 10.0. The van der Waals surface area contributed by atoms with E-state index >= 15 is 0 Å². The van der Waals surface area contributed by atoms with E-state index in [-0.39, 0.29) is 0 Å². The summed E-state index contributed by atoms with van der Waals surface area (Å²) in [4.78, 5) is 0. The molecule has 0 unspecified atom stereocenters. The summed E-state index contributed by atoms with van der Waals surface area (Å²) >= 11 is 0. The Balaban J connectivity index is 1.79. The molecule has 4 nitrogen and oxygen atoms in total. The second kappa shape index (κ2) is 5.46. The molecule has 0 spiro atoms. The van der Waals surface area contributed by atoms with Crippen LogP contribution in [0.2, 0.25) is 0 Å². The Hall–Kier alpha value is -0.870. The molecule has 2 heterocycles. The first-order valence-corrected chi connectivity index (χ1v) is 6.02. The van der Waals surface area contributed by atoms with Crippen molar-refractivity contribution >= 4 is 0 Å². The first-order chi connectivity index (χ1) is 7.75. The van der Waals surface area contributed by atoms with Gasteiger partial charge in [-0.05, 0) is 12.8 Å². The van der Waals surface area contributed by atoms with E-state index < -0.39 is 0 Å². The predicted octanol–water partition coefficient (Wildman–Crippen LogP) is 2.07. The SMILES string of the molecule is CC(C)c1cc(CN[C@H]2CCCOC2)no1. The van der Waals surface area contributed by atoms with Gasteiger partial charge in [-0.3, -0.25) is 0 Å². The van der Waals surface area contributed by atoms with E-state index in [1.54, 1.807) is 0 Å². The second-order valence-corrected chi connectivity index (χ2v) is 4.67. The standard InChI is InChI=1S/C12H20N2O2/c1-9(2)12-6-11(14-16-12)7-13-10-4-3-5-15-8-10/h6,9-10,13H,3-5,7-8H2,1-2H3/t10-/m0/s1. The largest absolute Gasteiger partial charge is 0.380 e. The van der Waals surface area contributed by atoms with Crippen LogP contribution in [0.25, 0.3) is 0 Å². The number of nitrogens with zero attached hydrogens (tertiary/aromatic N) is 1. The molecule has 90 valence electrons. The number of hydrogen-bond acceptors (Lipinski definition) is 4. The summed E-state index contributed by atoms with van der Waals surface area (Å²) in [7, 11) is 0. The maximum Gasteiger partial charge on any atom is 0.139 e. The zero-order chi connectivity index (χ0) is 11.4. The van der Waals surface area contributed by atoms with Gasteiger partial charge in [-0.25, -0.2) is 0 Å². The quantitative estimate of drug-likeness (QED) is 0.850. The fourth-order valence-electron chi connectivity index (χ4n) is 1.83. The lowest BCUT2D eigenvalue weighted by Gasteiger charge is -2.22. The Labute approximate surface area is 96.3 Å². The van der Waals surface area contributed by atoms with Crippen molar-refractivity contribution in [2.24, 2.45) is 0 Å². The molecule has 1 aromatic rings. The van der Waals surface area contributed by atoms with Gasteiger partial charge in [-0.15, -0.1) is 0 Å². The highest BCUT2D eigenvalue weighted by Gasteiger charge is 2.14. The van der Waals surface area contributed by atoms with E-state index in [1.807, 2.05) is 6.07 Å². The molecule has 0 saturated carbocycles. The Bertz CT molecular complexity index is 317. The van der Waals surface area contributed by atoms with Gasteiger partial charge in [0.2, 0.25) is 0 Å². The number of aromatic nitrogens is 1. The second-order valence-electron chi connectivity index (χ2n) is 4.67. The topological polar surface area (TPSA) is 47.3 Å². The molecule has 1 aromatic heterocycles. The van der Waals surface area contributed by atoms with Crippen LogP contribution in [0.1, 0.15) is 44.1 Å². The summed E-state index contributed by atoms with van der Waals surface area (Å²) in [6.45, 7) is 6.69. The molecular weight excluding hydrogens is 204 g/mol. The minimum absolute atomic E-state index is 0.402. The fourth-order valence-corrected chi connectivity index (χ4v) is 1.83. The Morgan fingerprint density at radius 2 is 2.44 bits per heavy atom. The maximum atomic E-state index is 5.41. The normalized spacial score (nSPS) is 21.6. The number of ether oxygens (including phenoxy) is 1. The highest BCUT2D eigenvalue weighted by molar-refractivity contribution is 5.08. The number of hydrogen-bond donors (Lipinski definition) is 1. The minimum Gasteiger partial charge on any atom is -0.380 e. The van der Waals surface area contributed by atoms with E-state index in [4.69, 9.17) is 9.26 Å². The molecule has 16 heavy (non-hydrogen) atoms. The van der Waals surface area contributed by atoms with Gasteiger partial charge < -0.3 is 14.6 Å². The van der Waals surface area contributed by atoms with E-state index in [0.29, 0.717) is 12.0 Å². The van der Waals surface area contributed by atoms with Crippen LogP contribution in [0.3, 0.4) is 0 Å².